The van der Waals surface area contributed by atoms with Crippen LogP contribution in [-0.4, -0.2) is 21.6 Å². The second-order valence-electron chi connectivity index (χ2n) is 3.79. The number of nitrogens with zero attached hydrogens (tertiary/aromatic N) is 1. The van der Waals surface area contributed by atoms with E-state index in [0.717, 1.165) is 5.56 Å². The molecular weight excluding hydrogens is 262 g/mol. The van der Waals surface area contributed by atoms with Crippen molar-refractivity contribution in [2.75, 3.05) is 5.75 Å². The summed E-state index contributed by atoms with van der Waals surface area (Å²) in [4.78, 5) is 28.7. The highest BCUT2D eigenvalue weighted by molar-refractivity contribution is 7.99. The highest BCUT2D eigenvalue weighted by Gasteiger charge is 2.03. The van der Waals surface area contributed by atoms with Crippen LogP contribution in [0.3, 0.4) is 0 Å². The highest BCUT2D eigenvalue weighted by atomic mass is 32.2. The topological polar surface area (TPSA) is 74.8 Å². The number of rotatable bonds is 5. The number of amides is 1. The second-order valence-corrected chi connectivity index (χ2v) is 4.81. The van der Waals surface area contributed by atoms with Gasteiger partial charge in [-0.15, -0.1) is 0 Å². The normalized spacial score (nSPS) is 10.1. The van der Waals surface area contributed by atoms with Crippen molar-refractivity contribution in [3.05, 3.63) is 58.6 Å². The standard InChI is InChI=1S/C13H13N3O2S/c17-11(15-8-10-4-2-1-3-5-10)9-19-12-6-7-14-13(18)16-12/h1-7H,8-9H2,(H,15,17)(H,14,16,18). The van der Waals surface area contributed by atoms with E-state index in [2.05, 4.69) is 15.3 Å². The lowest BCUT2D eigenvalue weighted by Crippen LogP contribution is -2.24. The van der Waals surface area contributed by atoms with E-state index < -0.39 is 5.69 Å². The number of aromatic amines is 1. The van der Waals surface area contributed by atoms with Crippen LogP contribution in [0.2, 0.25) is 0 Å². The average molecular weight is 275 g/mol. The zero-order chi connectivity index (χ0) is 13.5. The van der Waals surface area contributed by atoms with Gasteiger partial charge in [-0.25, -0.2) is 9.78 Å². The number of H-pyrrole nitrogens is 1. The van der Waals surface area contributed by atoms with Crippen LogP contribution in [0, 0.1) is 0 Å². The van der Waals surface area contributed by atoms with Crippen molar-refractivity contribution >= 4 is 17.7 Å². The van der Waals surface area contributed by atoms with E-state index in [1.165, 1.54) is 18.0 Å². The van der Waals surface area contributed by atoms with Gasteiger partial charge >= 0.3 is 5.69 Å². The average Bonchev–Trinajstić information content (AvgIpc) is 2.44. The predicted octanol–water partition coefficient (Wildman–Crippen LogP) is 1.18. The van der Waals surface area contributed by atoms with Crippen LogP contribution in [0.4, 0.5) is 0 Å². The van der Waals surface area contributed by atoms with Gasteiger partial charge < -0.3 is 10.3 Å². The Morgan fingerprint density at radius 3 is 2.79 bits per heavy atom. The van der Waals surface area contributed by atoms with Gasteiger partial charge in [0, 0.05) is 12.7 Å². The van der Waals surface area contributed by atoms with Crippen LogP contribution in [-0.2, 0) is 11.3 Å². The molecule has 19 heavy (non-hydrogen) atoms. The quantitative estimate of drug-likeness (QED) is 0.634. The third-order valence-corrected chi connectivity index (χ3v) is 3.29. The van der Waals surface area contributed by atoms with Crippen LogP contribution in [0.25, 0.3) is 0 Å². The maximum Gasteiger partial charge on any atom is 0.345 e. The molecule has 0 atom stereocenters. The molecule has 1 aromatic carbocycles. The molecule has 0 saturated carbocycles. The Hall–Kier alpha value is -2.08. The Kier molecular flexibility index (Phi) is 4.74. The summed E-state index contributed by atoms with van der Waals surface area (Å²) in [6.07, 6.45) is 1.42. The lowest BCUT2D eigenvalue weighted by atomic mass is 10.2. The first kappa shape index (κ1) is 13.4. The molecule has 1 aromatic heterocycles. The van der Waals surface area contributed by atoms with Crippen LogP contribution in [0.1, 0.15) is 5.56 Å². The van der Waals surface area contributed by atoms with E-state index in [-0.39, 0.29) is 11.7 Å². The van der Waals surface area contributed by atoms with E-state index in [1.54, 1.807) is 6.07 Å². The van der Waals surface area contributed by atoms with Crippen molar-refractivity contribution in [1.29, 1.82) is 0 Å². The van der Waals surface area contributed by atoms with Gasteiger partial charge in [-0.05, 0) is 11.6 Å². The molecule has 0 unspecified atom stereocenters. The fourth-order valence-corrected chi connectivity index (χ4v) is 2.13. The van der Waals surface area contributed by atoms with E-state index >= 15 is 0 Å². The molecule has 5 nitrogen and oxygen atoms in total. The molecule has 0 bridgehead atoms. The summed E-state index contributed by atoms with van der Waals surface area (Å²) in [5, 5.41) is 3.45. The molecule has 0 aliphatic heterocycles. The Balaban J connectivity index is 1.77. The molecule has 0 aliphatic carbocycles. The predicted molar refractivity (Wildman–Crippen MR) is 73.9 cm³/mol. The molecule has 6 heteroatoms. The number of aromatic nitrogens is 2. The summed E-state index contributed by atoms with van der Waals surface area (Å²) < 4.78 is 0. The van der Waals surface area contributed by atoms with Crippen molar-refractivity contribution < 1.29 is 4.79 Å². The molecule has 0 fully saturated rings. The van der Waals surface area contributed by atoms with E-state index in [0.29, 0.717) is 11.6 Å². The lowest BCUT2D eigenvalue weighted by Gasteiger charge is -2.05. The molecule has 0 saturated heterocycles. The van der Waals surface area contributed by atoms with Crippen LogP contribution in [0.5, 0.6) is 0 Å². The molecule has 0 spiro atoms. The smallest absolute Gasteiger partial charge is 0.345 e. The zero-order valence-corrected chi connectivity index (χ0v) is 10.9. The summed E-state index contributed by atoms with van der Waals surface area (Å²) in [5.74, 6) is 0.179. The number of benzene rings is 1. The molecule has 0 aliphatic rings. The monoisotopic (exact) mass is 275 g/mol. The SMILES string of the molecule is O=C(CSc1ccnc(=O)[nH]1)NCc1ccccc1. The van der Waals surface area contributed by atoms with Gasteiger partial charge in [-0.1, -0.05) is 42.1 Å². The van der Waals surface area contributed by atoms with Crippen molar-refractivity contribution in [3.63, 3.8) is 0 Å². The molecule has 2 rings (SSSR count). The van der Waals surface area contributed by atoms with Crippen LogP contribution < -0.4 is 11.0 Å². The first-order valence-electron chi connectivity index (χ1n) is 5.73. The summed E-state index contributed by atoms with van der Waals surface area (Å²) in [5.41, 5.74) is 0.646. The van der Waals surface area contributed by atoms with Gasteiger partial charge in [0.05, 0.1) is 10.8 Å². The Labute approximate surface area is 114 Å². The molecular formula is C13H13N3O2S. The van der Waals surface area contributed by atoms with Crippen LogP contribution >= 0.6 is 11.8 Å². The van der Waals surface area contributed by atoms with E-state index in [1.807, 2.05) is 30.3 Å². The second kappa shape index (κ2) is 6.75. The minimum Gasteiger partial charge on any atom is -0.351 e. The first-order chi connectivity index (χ1) is 9.24. The summed E-state index contributed by atoms with van der Waals surface area (Å²) in [7, 11) is 0. The van der Waals surface area contributed by atoms with E-state index in [4.69, 9.17) is 0 Å². The Morgan fingerprint density at radius 2 is 2.05 bits per heavy atom. The van der Waals surface area contributed by atoms with Gasteiger partial charge in [0.1, 0.15) is 0 Å². The largest absolute Gasteiger partial charge is 0.351 e. The van der Waals surface area contributed by atoms with Gasteiger partial charge in [-0.3, -0.25) is 4.79 Å². The Bertz CT molecular complexity index is 598. The number of thioether (sulfide) groups is 1. The number of carbonyl (C=O) groups is 1. The fourth-order valence-electron chi connectivity index (χ4n) is 1.43. The number of nitrogens with one attached hydrogen (secondary N) is 2. The maximum atomic E-state index is 11.6. The summed E-state index contributed by atoms with van der Waals surface area (Å²) >= 11 is 1.27. The van der Waals surface area contributed by atoms with Crippen molar-refractivity contribution in [1.82, 2.24) is 15.3 Å². The molecule has 1 amide bonds. The van der Waals surface area contributed by atoms with Gasteiger partial charge in [0.15, 0.2) is 0 Å². The highest BCUT2D eigenvalue weighted by Crippen LogP contribution is 2.11. The third-order valence-electron chi connectivity index (χ3n) is 2.34. The van der Waals surface area contributed by atoms with E-state index in [9.17, 15) is 9.59 Å². The van der Waals surface area contributed by atoms with Gasteiger partial charge in [-0.2, -0.15) is 0 Å². The maximum absolute atomic E-state index is 11.6. The zero-order valence-electron chi connectivity index (χ0n) is 10.1. The third kappa shape index (κ3) is 4.59. The van der Waals surface area contributed by atoms with Crippen LogP contribution in [0.15, 0.2) is 52.4 Å². The number of hydrogen-bond donors (Lipinski definition) is 2. The minimum atomic E-state index is -0.408. The summed E-state index contributed by atoms with van der Waals surface area (Å²) in [6.45, 7) is 0.507. The fraction of sp³-hybridized carbons (Fsp3) is 0.154. The van der Waals surface area contributed by atoms with Crippen molar-refractivity contribution in [2.45, 2.75) is 11.6 Å². The minimum absolute atomic E-state index is 0.0773. The summed E-state index contributed by atoms with van der Waals surface area (Å²) in [6, 6.07) is 11.4. The molecule has 1 heterocycles. The molecule has 2 aromatic rings. The molecule has 0 radical (unpaired) electrons. The number of carbonyl (C=O) groups excluding carboxylic acids is 1. The van der Waals surface area contributed by atoms with Gasteiger partial charge in [0.25, 0.3) is 0 Å². The Morgan fingerprint density at radius 1 is 1.26 bits per heavy atom. The van der Waals surface area contributed by atoms with Crippen molar-refractivity contribution in [3.8, 4) is 0 Å². The number of hydrogen-bond acceptors (Lipinski definition) is 4. The molecule has 2 N–H and O–H groups in total. The van der Waals surface area contributed by atoms with Gasteiger partial charge in [0.2, 0.25) is 5.91 Å². The first-order valence-corrected chi connectivity index (χ1v) is 6.71. The lowest BCUT2D eigenvalue weighted by molar-refractivity contribution is -0.118. The van der Waals surface area contributed by atoms with Crippen molar-refractivity contribution in [2.24, 2.45) is 0 Å². The molecule has 98 valence electrons.